The Kier molecular flexibility index (Phi) is 4.25. The van der Waals surface area contributed by atoms with E-state index >= 15 is 0 Å². The van der Waals surface area contributed by atoms with E-state index in [2.05, 4.69) is 15.6 Å². The van der Waals surface area contributed by atoms with Gasteiger partial charge in [-0.25, -0.2) is 4.98 Å². The molecule has 2 amide bonds. The van der Waals surface area contributed by atoms with Crippen molar-refractivity contribution in [1.29, 1.82) is 0 Å². The number of aromatic nitrogens is 1. The van der Waals surface area contributed by atoms with Gasteiger partial charge < -0.3 is 10.6 Å². The molecule has 0 unspecified atom stereocenters. The lowest BCUT2D eigenvalue weighted by Crippen LogP contribution is -2.23. The van der Waals surface area contributed by atoms with Crippen LogP contribution in [-0.4, -0.2) is 16.8 Å². The molecule has 0 aliphatic rings. The predicted octanol–water partition coefficient (Wildman–Crippen LogP) is 2.03. The molecule has 1 aromatic heterocycles. The monoisotopic (exact) mass is 275 g/mol. The largest absolute Gasteiger partial charge is 0.346 e. The number of nitrogens with one attached hydrogen (secondary N) is 2. The first-order valence-corrected chi connectivity index (χ1v) is 6.62. The molecule has 2 N–H and O–H groups in total. The number of carbonyl (C=O) groups excluding carboxylic acids is 2. The van der Waals surface area contributed by atoms with E-state index in [0.29, 0.717) is 17.8 Å². The second-order valence-corrected chi connectivity index (χ2v) is 4.64. The van der Waals surface area contributed by atoms with Gasteiger partial charge in [0.05, 0.1) is 17.7 Å². The summed E-state index contributed by atoms with van der Waals surface area (Å²) in [4.78, 5) is 27.0. The SMILES string of the molecule is CC(=O)Nc1cccc(C(=O)NCc2cscn2)c1. The topological polar surface area (TPSA) is 71.1 Å². The highest BCUT2D eigenvalue weighted by Crippen LogP contribution is 2.10. The molecule has 2 rings (SSSR count). The van der Waals surface area contributed by atoms with E-state index in [1.165, 1.54) is 18.3 Å². The standard InChI is InChI=1S/C13H13N3O2S/c1-9(17)16-11-4-2-3-10(5-11)13(18)14-6-12-7-19-8-15-12/h2-5,7-8H,6H2,1H3,(H,14,18)(H,16,17). The van der Waals surface area contributed by atoms with Crippen molar-refractivity contribution in [1.82, 2.24) is 10.3 Å². The molecule has 0 saturated heterocycles. The van der Waals surface area contributed by atoms with Gasteiger partial charge in [0.2, 0.25) is 5.91 Å². The minimum absolute atomic E-state index is 0.167. The summed E-state index contributed by atoms with van der Waals surface area (Å²) in [5.41, 5.74) is 3.66. The smallest absolute Gasteiger partial charge is 0.251 e. The molecule has 1 aromatic carbocycles. The van der Waals surface area contributed by atoms with Gasteiger partial charge in [0.15, 0.2) is 0 Å². The second kappa shape index (κ2) is 6.10. The van der Waals surface area contributed by atoms with Crippen LogP contribution < -0.4 is 10.6 Å². The molecular formula is C13H13N3O2S. The fourth-order valence-corrected chi connectivity index (χ4v) is 2.10. The van der Waals surface area contributed by atoms with E-state index in [4.69, 9.17) is 0 Å². The van der Waals surface area contributed by atoms with Gasteiger partial charge >= 0.3 is 0 Å². The fraction of sp³-hybridized carbons (Fsp3) is 0.154. The third kappa shape index (κ3) is 3.89. The Morgan fingerprint density at radius 2 is 2.21 bits per heavy atom. The Labute approximate surface area is 114 Å². The fourth-order valence-electron chi connectivity index (χ4n) is 1.54. The van der Waals surface area contributed by atoms with Crippen LogP contribution in [0.15, 0.2) is 35.2 Å². The van der Waals surface area contributed by atoms with Gasteiger partial charge in [-0.15, -0.1) is 11.3 Å². The summed E-state index contributed by atoms with van der Waals surface area (Å²) in [6, 6.07) is 6.79. The van der Waals surface area contributed by atoms with E-state index in [1.54, 1.807) is 29.8 Å². The zero-order valence-electron chi connectivity index (χ0n) is 10.3. The molecule has 0 spiro atoms. The lowest BCUT2D eigenvalue weighted by molar-refractivity contribution is -0.114. The summed E-state index contributed by atoms with van der Waals surface area (Å²) in [5, 5.41) is 7.30. The van der Waals surface area contributed by atoms with Crippen molar-refractivity contribution in [2.45, 2.75) is 13.5 Å². The molecule has 0 bridgehead atoms. The average molecular weight is 275 g/mol. The summed E-state index contributed by atoms with van der Waals surface area (Å²) >= 11 is 1.49. The summed E-state index contributed by atoms with van der Waals surface area (Å²) < 4.78 is 0. The lowest BCUT2D eigenvalue weighted by atomic mass is 10.2. The molecule has 1 heterocycles. The van der Waals surface area contributed by atoms with Crippen LogP contribution in [0.3, 0.4) is 0 Å². The number of hydrogen-bond acceptors (Lipinski definition) is 4. The maximum absolute atomic E-state index is 11.9. The van der Waals surface area contributed by atoms with Crippen LogP contribution in [0.5, 0.6) is 0 Å². The van der Waals surface area contributed by atoms with Gasteiger partial charge in [0, 0.05) is 23.6 Å². The number of carbonyl (C=O) groups is 2. The molecule has 0 saturated carbocycles. The Morgan fingerprint density at radius 3 is 2.89 bits per heavy atom. The number of hydrogen-bond donors (Lipinski definition) is 2. The highest BCUT2D eigenvalue weighted by atomic mass is 32.1. The van der Waals surface area contributed by atoms with Crippen LogP contribution >= 0.6 is 11.3 Å². The summed E-state index contributed by atoms with van der Waals surface area (Å²) in [7, 11) is 0. The molecule has 0 atom stereocenters. The van der Waals surface area contributed by atoms with Crippen molar-refractivity contribution in [2.24, 2.45) is 0 Å². The molecule has 0 aliphatic carbocycles. The number of amides is 2. The first kappa shape index (κ1) is 13.2. The minimum atomic E-state index is -0.194. The van der Waals surface area contributed by atoms with Crippen LogP contribution in [0, 0.1) is 0 Å². The Hall–Kier alpha value is -2.21. The summed E-state index contributed by atoms with van der Waals surface area (Å²) in [6.07, 6.45) is 0. The van der Waals surface area contributed by atoms with Gasteiger partial charge in [-0.05, 0) is 18.2 Å². The van der Waals surface area contributed by atoms with Crippen molar-refractivity contribution < 1.29 is 9.59 Å². The third-order valence-corrected chi connectivity index (χ3v) is 2.99. The first-order valence-electron chi connectivity index (χ1n) is 5.68. The van der Waals surface area contributed by atoms with E-state index < -0.39 is 0 Å². The number of anilines is 1. The normalized spacial score (nSPS) is 9.95. The maximum atomic E-state index is 11.9. The van der Waals surface area contributed by atoms with Gasteiger partial charge in [-0.3, -0.25) is 9.59 Å². The highest BCUT2D eigenvalue weighted by Gasteiger charge is 2.07. The highest BCUT2D eigenvalue weighted by molar-refractivity contribution is 7.07. The van der Waals surface area contributed by atoms with Crippen molar-refractivity contribution in [3.05, 3.63) is 46.4 Å². The van der Waals surface area contributed by atoms with Gasteiger partial charge in [-0.1, -0.05) is 6.07 Å². The quantitative estimate of drug-likeness (QED) is 0.897. The molecule has 0 aliphatic heterocycles. The van der Waals surface area contributed by atoms with Crippen molar-refractivity contribution in [2.75, 3.05) is 5.32 Å². The number of benzene rings is 1. The molecule has 0 radical (unpaired) electrons. The lowest BCUT2D eigenvalue weighted by Gasteiger charge is -2.06. The average Bonchev–Trinajstić information content (AvgIpc) is 2.88. The van der Waals surface area contributed by atoms with E-state index in [0.717, 1.165) is 5.69 Å². The Bertz CT molecular complexity index is 581. The van der Waals surface area contributed by atoms with Crippen LogP contribution in [0.4, 0.5) is 5.69 Å². The maximum Gasteiger partial charge on any atom is 0.251 e. The van der Waals surface area contributed by atoms with E-state index in [1.807, 2.05) is 5.38 Å². The number of thiazole rings is 1. The molecule has 2 aromatic rings. The van der Waals surface area contributed by atoms with Gasteiger partial charge in [-0.2, -0.15) is 0 Å². The molecule has 6 heteroatoms. The second-order valence-electron chi connectivity index (χ2n) is 3.92. The van der Waals surface area contributed by atoms with Gasteiger partial charge in [0.25, 0.3) is 5.91 Å². The molecule has 98 valence electrons. The molecule has 0 fully saturated rings. The summed E-state index contributed by atoms with van der Waals surface area (Å²) in [6.45, 7) is 1.82. The summed E-state index contributed by atoms with van der Waals surface area (Å²) in [5.74, 6) is -0.361. The Morgan fingerprint density at radius 1 is 1.37 bits per heavy atom. The molecule has 19 heavy (non-hydrogen) atoms. The zero-order chi connectivity index (χ0) is 13.7. The van der Waals surface area contributed by atoms with Crippen molar-refractivity contribution >= 4 is 28.8 Å². The molecule has 5 nitrogen and oxygen atoms in total. The van der Waals surface area contributed by atoms with Crippen molar-refractivity contribution in [3.63, 3.8) is 0 Å². The van der Waals surface area contributed by atoms with Crippen LogP contribution in [0.1, 0.15) is 23.0 Å². The van der Waals surface area contributed by atoms with Crippen LogP contribution in [0.25, 0.3) is 0 Å². The minimum Gasteiger partial charge on any atom is -0.346 e. The molecular weight excluding hydrogens is 262 g/mol. The van der Waals surface area contributed by atoms with E-state index in [-0.39, 0.29) is 11.8 Å². The van der Waals surface area contributed by atoms with Crippen LogP contribution in [-0.2, 0) is 11.3 Å². The Balaban J connectivity index is 2.00. The van der Waals surface area contributed by atoms with Gasteiger partial charge in [0.1, 0.15) is 0 Å². The van der Waals surface area contributed by atoms with E-state index in [9.17, 15) is 9.59 Å². The first-order chi connectivity index (χ1) is 9.15. The third-order valence-electron chi connectivity index (χ3n) is 2.36. The van der Waals surface area contributed by atoms with Crippen molar-refractivity contribution in [3.8, 4) is 0 Å². The predicted molar refractivity (Wildman–Crippen MR) is 74.0 cm³/mol. The zero-order valence-corrected chi connectivity index (χ0v) is 11.2. The number of rotatable bonds is 4. The van der Waals surface area contributed by atoms with Crippen LogP contribution in [0.2, 0.25) is 0 Å². The number of nitrogens with zero attached hydrogens (tertiary/aromatic N) is 1.